The van der Waals surface area contributed by atoms with E-state index in [1.54, 1.807) is 4.90 Å². The van der Waals surface area contributed by atoms with E-state index >= 15 is 0 Å². The van der Waals surface area contributed by atoms with Gasteiger partial charge in [-0.05, 0) is 13.3 Å². The number of piperazine rings is 1. The van der Waals surface area contributed by atoms with Crippen molar-refractivity contribution < 1.29 is 13.2 Å². The second-order valence-electron chi connectivity index (χ2n) is 5.54. The first-order chi connectivity index (χ1) is 9.30. The highest BCUT2D eigenvalue weighted by Gasteiger charge is 2.36. The van der Waals surface area contributed by atoms with Crippen LogP contribution in [-0.4, -0.2) is 72.8 Å². The molecule has 0 spiro atoms. The highest BCUT2D eigenvalue weighted by Crippen LogP contribution is 2.21. The fourth-order valence-corrected chi connectivity index (χ4v) is 4.64. The number of nitrogens with zero attached hydrogens (tertiary/aromatic N) is 2. The van der Waals surface area contributed by atoms with Gasteiger partial charge in [-0.1, -0.05) is 12.2 Å². The molecule has 0 aromatic rings. The van der Waals surface area contributed by atoms with E-state index < -0.39 is 9.84 Å². The van der Waals surface area contributed by atoms with Crippen molar-refractivity contribution in [2.45, 2.75) is 19.4 Å². The number of thiocarbonyl (C=S) groups is 1. The van der Waals surface area contributed by atoms with Crippen molar-refractivity contribution in [1.82, 2.24) is 9.80 Å². The van der Waals surface area contributed by atoms with Gasteiger partial charge in [0, 0.05) is 26.2 Å². The Morgan fingerprint density at radius 2 is 1.90 bits per heavy atom. The number of amides is 1. The average Bonchev–Trinajstić information content (AvgIpc) is 2.77. The summed E-state index contributed by atoms with van der Waals surface area (Å²) < 4.78 is 22.9. The van der Waals surface area contributed by atoms with E-state index in [1.807, 2.05) is 6.92 Å². The summed E-state index contributed by atoms with van der Waals surface area (Å²) in [7, 11) is -3.01. The molecule has 2 fully saturated rings. The summed E-state index contributed by atoms with van der Waals surface area (Å²) >= 11 is 4.98. The zero-order valence-corrected chi connectivity index (χ0v) is 13.3. The lowest BCUT2D eigenvalue weighted by Gasteiger charge is -2.38. The molecule has 1 amide bonds. The third-order valence-electron chi connectivity index (χ3n) is 4.17. The van der Waals surface area contributed by atoms with Crippen LogP contribution in [0.4, 0.5) is 0 Å². The van der Waals surface area contributed by atoms with Crippen LogP contribution in [-0.2, 0) is 14.6 Å². The van der Waals surface area contributed by atoms with Crippen molar-refractivity contribution >= 4 is 33.0 Å². The quantitative estimate of drug-likeness (QED) is 0.689. The molecule has 0 aromatic heterocycles. The van der Waals surface area contributed by atoms with Gasteiger partial charge in [-0.3, -0.25) is 9.69 Å². The molecule has 2 aliphatic heterocycles. The first kappa shape index (κ1) is 15.7. The third kappa shape index (κ3) is 3.48. The molecule has 0 saturated carbocycles. The van der Waals surface area contributed by atoms with Gasteiger partial charge < -0.3 is 10.6 Å². The average molecular weight is 319 g/mol. The molecule has 2 atom stereocenters. The van der Waals surface area contributed by atoms with E-state index in [1.165, 1.54) is 0 Å². The molecule has 2 saturated heterocycles. The van der Waals surface area contributed by atoms with E-state index in [4.69, 9.17) is 18.0 Å². The predicted octanol–water partition coefficient (Wildman–Crippen LogP) is -0.760. The lowest BCUT2D eigenvalue weighted by Crippen LogP contribution is -2.54. The van der Waals surface area contributed by atoms with Crippen LogP contribution >= 0.6 is 12.2 Å². The van der Waals surface area contributed by atoms with E-state index in [-0.39, 0.29) is 29.4 Å². The summed E-state index contributed by atoms with van der Waals surface area (Å²) in [6.45, 7) is 4.64. The fourth-order valence-electron chi connectivity index (χ4n) is 2.76. The number of rotatable bonds is 3. The third-order valence-corrected chi connectivity index (χ3v) is 6.28. The van der Waals surface area contributed by atoms with Gasteiger partial charge in [-0.2, -0.15) is 0 Å². The summed E-state index contributed by atoms with van der Waals surface area (Å²) in [5, 5.41) is 0. The van der Waals surface area contributed by atoms with Crippen LogP contribution in [0, 0.1) is 5.92 Å². The molecule has 6 nitrogen and oxygen atoms in total. The molecule has 2 heterocycles. The Morgan fingerprint density at radius 3 is 2.35 bits per heavy atom. The van der Waals surface area contributed by atoms with Gasteiger partial charge in [0.25, 0.3) is 0 Å². The zero-order valence-electron chi connectivity index (χ0n) is 11.6. The van der Waals surface area contributed by atoms with Gasteiger partial charge >= 0.3 is 0 Å². The maximum absolute atomic E-state index is 12.3. The molecule has 0 bridgehead atoms. The first-order valence-corrected chi connectivity index (χ1v) is 9.06. The molecule has 0 radical (unpaired) electrons. The number of hydrogen-bond donors (Lipinski definition) is 1. The molecule has 114 valence electrons. The Morgan fingerprint density at radius 1 is 1.30 bits per heavy atom. The van der Waals surface area contributed by atoms with E-state index in [2.05, 4.69) is 4.90 Å². The highest BCUT2D eigenvalue weighted by atomic mass is 32.2. The monoisotopic (exact) mass is 319 g/mol. The topological polar surface area (TPSA) is 83.7 Å². The molecule has 0 aromatic carbocycles. The van der Waals surface area contributed by atoms with Crippen LogP contribution < -0.4 is 5.73 Å². The summed E-state index contributed by atoms with van der Waals surface area (Å²) in [5.41, 5.74) is 5.63. The number of hydrogen-bond acceptors (Lipinski definition) is 5. The molecular weight excluding hydrogens is 298 g/mol. The molecular formula is C12H21N3O3S2. The van der Waals surface area contributed by atoms with E-state index in [0.717, 1.165) is 13.1 Å². The Labute approximate surface area is 125 Å². The van der Waals surface area contributed by atoms with Gasteiger partial charge in [-0.15, -0.1) is 0 Å². The van der Waals surface area contributed by atoms with Crippen LogP contribution in [0.1, 0.15) is 13.3 Å². The van der Waals surface area contributed by atoms with Crippen LogP contribution in [0.5, 0.6) is 0 Å². The molecule has 8 heteroatoms. The van der Waals surface area contributed by atoms with Crippen molar-refractivity contribution in [2.24, 2.45) is 11.7 Å². The van der Waals surface area contributed by atoms with E-state index in [0.29, 0.717) is 24.5 Å². The molecule has 2 unspecified atom stereocenters. The SMILES string of the molecule is CC(C(N)=S)N1CCN(C(=O)C2CCS(=O)(=O)C2)CC1. The van der Waals surface area contributed by atoms with Crippen molar-refractivity contribution in [3.63, 3.8) is 0 Å². The minimum Gasteiger partial charge on any atom is -0.392 e. The molecule has 20 heavy (non-hydrogen) atoms. The summed E-state index contributed by atoms with van der Waals surface area (Å²) in [6, 6.07) is 0.0362. The maximum atomic E-state index is 12.3. The Balaban J connectivity index is 1.88. The number of nitrogens with two attached hydrogens (primary N) is 1. The Kier molecular flexibility index (Phi) is 4.66. The summed E-state index contributed by atoms with van der Waals surface area (Å²) in [6.07, 6.45) is 0.463. The summed E-state index contributed by atoms with van der Waals surface area (Å²) in [5.74, 6) is -0.217. The maximum Gasteiger partial charge on any atom is 0.226 e. The van der Waals surface area contributed by atoms with Crippen molar-refractivity contribution in [1.29, 1.82) is 0 Å². The molecule has 2 rings (SSSR count). The first-order valence-electron chi connectivity index (χ1n) is 6.83. The van der Waals surface area contributed by atoms with Gasteiger partial charge in [-0.25, -0.2) is 8.42 Å². The van der Waals surface area contributed by atoms with Crippen LogP contribution in [0.3, 0.4) is 0 Å². The van der Waals surface area contributed by atoms with Crippen molar-refractivity contribution in [2.75, 3.05) is 37.7 Å². The zero-order chi connectivity index (χ0) is 14.9. The van der Waals surface area contributed by atoms with Gasteiger partial charge in [0.05, 0.1) is 28.5 Å². The van der Waals surface area contributed by atoms with Crippen LogP contribution in [0.2, 0.25) is 0 Å². The highest BCUT2D eigenvalue weighted by molar-refractivity contribution is 7.91. The number of carbonyl (C=O) groups is 1. The molecule has 0 aliphatic carbocycles. The fraction of sp³-hybridized carbons (Fsp3) is 0.833. The number of carbonyl (C=O) groups excluding carboxylic acids is 1. The normalized spacial score (nSPS) is 28.2. The summed E-state index contributed by atoms with van der Waals surface area (Å²) in [4.78, 5) is 16.7. The van der Waals surface area contributed by atoms with Crippen LogP contribution in [0.15, 0.2) is 0 Å². The second kappa shape index (κ2) is 5.95. The lowest BCUT2D eigenvalue weighted by atomic mass is 10.1. The van der Waals surface area contributed by atoms with Gasteiger partial charge in [0.2, 0.25) is 5.91 Å². The molecule has 2 aliphatic rings. The standard InChI is InChI=1S/C12H21N3O3S2/c1-9(11(13)19)14-3-5-15(6-4-14)12(16)10-2-7-20(17,18)8-10/h9-10H,2-8H2,1H3,(H2,13,19). The second-order valence-corrected chi connectivity index (χ2v) is 8.24. The number of sulfone groups is 1. The Bertz CT molecular complexity index is 498. The Hall–Kier alpha value is -0.730. The predicted molar refractivity (Wildman–Crippen MR) is 81.2 cm³/mol. The largest absolute Gasteiger partial charge is 0.392 e. The smallest absolute Gasteiger partial charge is 0.226 e. The van der Waals surface area contributed by atoms with Crippen molar-refractivity contribution in [3.8, 4) is 0 Å². The lowest BCUT2D eigenvalue weighted by molar-refractivity contribution is -0.136. The van der Waals surface area contributed by atoms with Gasteiger partial charge in [0.1, 0.15) is 0 Å². The van der Waals surface area contributed by atoms with Crippen LogP contribution in [0.25, 0.3) is 0 Å². The minimum absolute atomic E-state index is 0.00926. The van der Waals surface area contributed by atoms with Gasteiger partial charge in [0.15, 0.2) is 9.84 Å². The van der Waals surface area contributed by atoms with Crippen molar-refractivity contribution in [3.05, 3.63) is 0 Å². The molecule has 2 N–H and O–H groups in total. The minimum atomic E-state index is -3.01. The van der Waals surface area contributed by atoms with E-state index in [9.17, 15) is 13.2 Å².